The van der Waals surface area contributed by atoms with Crippen molar-refractivity contribution >= 4 is 29.2 Å². The number of anilines is 1. The number of carbonyl (C=O) groups excluding carboxylic acids is 3. The third kappa shape index (κ3) is 2.16. The van der Waals surface area contributed by atoms with Crippen molar-refractivity contribution in [3.8, 4) is 11.5 Å². The van der Waals surface area contributed by atoms with Crippen molar-refractivity contribution in [2.75, 3.05) is 26.2 Å². The molecule has 0 spiro atoms. The van der Waals surface area contributed by atoms with Crippen molar-refractivity contribution in [3.05, 3.63) is 18.2 Å². The summed E-state index contributed by atoms with van der Waals surface area (Å²) in [6.07, 6.45) is 0. The van der Waals surface area contributed by atoms with Crippen LogP contribution in [0.25, 0.3) is 0 Å². The Labute approximate surface area is 137 Å². The molecule has 0 aromatic heterocycles. The van der Waals surface area contributed by atoms with Crippen LogP contribution in [-0.2, 0) is 19.1 Å². The van der Waals surface area contributed by atoms with Gasteiger partial charge in [-0.3, -0.25) is 15.0 Å². The molecule has 2 aliphatic rings. The Morgan fingerprint density at radius 1 is 1.17 bits per heavy atom. The summed E-state index contributed by atoms with van der Waals surface area (Å²) in [7, 11) is 4.10. The zero-order valence-corrected chi connectivity index (χ0v) is 13.2. The molecule has 0 saturated carbocycles. The lowest BCUT2D eigenvalue weighted by atomic mass is 9.99. The van der Waals surface area contributed by atoms with Crippen molar-refractivity contribution in [2.24, 2.45) is 11.0 Å². The summed E-state index contributed by atoms with van der Waals surface area (Å²) < 4.78 is 15.0. The number of nitrogens with zero attached hydrogens (tertiary/aromatic N) is 2. The van der Waals surface area contributed by atoms with Crippen LogP contribution in [0.3, 0.4) is 0 Å². The summed E-state index contributed by atoms with van der Waals surface area (Å²) in [4.78, 5) is 38.1. The van der Waals surface area contributed by atoms with Gasteiger partial charge in [0.2, 0.25) is 5.91 Å². The van der Waals surface area contributed by atoms with E-state index >= 15 is 0 Å². The average molecular weight is 333 g/mol. The molecule has 126 valence electrons. The minimum Gasteiger partial charge on any atom is -0.497 e. The van der Waals surface area contributed by atoms with Gasteiger partial charge in [0.1, 0.15) is 23.5 Å². The van der Waals surface area contributed by atoms with Crippen LogP contribution in [0, 0.1) is 5.92 Å². The van der Waals surface area contributed by atoms with Gasteiger partial charge < -0.3 is 14.2 Å². The lowest BCUT2D eigenvalue weighted by Crippen LogP contribution is -2.36. The maximum atomic E-state index is 12.7. The molecule has 24 heavy (non-hydrogen) atoms. The summed E-state index contributed by atoms with van der Waals surface area (Å²) in [6.45, 7) is 0. The Hall–Kier alpha value is -3.10. The molecule has 0 aliphatic carbocycles. The number of nitrogens with one attached hydrogen (secondary N) is 1. The van der Waals surface area contributed by atoms with E-state index in [2.05, 4.69) is 15.3 Å². The predicted molar refractivity (Wildman–Crippen MR) is 81.9 cm³/mol. The lowest BCUT2D eigenvalue weighted by molar-refractivity contribution is -0.133. The predicted octanol–water partition coefficient (Wildman–Crippen LogP) is -0.306. The number of hydrogen-bond donors (Lipinski definition) is 1. The van der Waals surface area contributed by atoms with E-state index in [-0.39, 0.29) is 11.4 Å². The van der Waals surface area contributed by atoms with Crippen LogP contribution in [0.15, 0.2) is 23.3 Å². The number of esters is 1. The Balaban J connectivity index is 2.00. The van der Waals surface area contributed by atoms with E-state index in [0.717, 1.165) is 4.90 Å². The molecule has 1 fully saturated rings. The van der Waals surface area contributed by atoms with Gasteiger partial charge >= 0.3 is 5.97 Å². The van der Waals surface area contributed by atoms with E-state index in [1.54, 1.807) is 18.2 Å². The number of hydrazone groups is 1. The molecular weight excluding hydrogens is 318 g/mol. The fourth-order valence-corrected chi connectivity index (χ4v) is 2.77. The normalized spacial score (nSPS) is 22.0. The summed E-state index contributed by atoms with van der Waals surface area (Å²) >= 11 is 0. The third-order valence-electron chi connectivity index (χ3n) is 3.95. The molecule has 0 bridgehead atoms. The first kappa shape index (κ1) is 15.8. The maximum absolute atomic E-state index is 12.7. The smallest absolute Gasteiger partial charge is 0.355 e. The molecule has 2 aliphatic heterocycles. The average Bonchev–Trinajstić information content (AvgIpc) is 3.14. The summed E-state index contributed by atoms with van der Waals surface area (Å²) in [5.74, 6) is -2.03. The summed E-state index contributed by atoms with van der Waals surface area (Å²) in [5, 5.41) is 3.76. The van der Waals surface area contributed by atoms with Crippen LogP contribution in [0.4, 0.5) is 5.69 Å². The van der Waals surface area contributed by atoms with Gasteiger partial charge in [0, 0.05) is 6.07 Å². The fourth-order valence-electron chi connectivity index (χ4n) is 2.77. The van der Waals surface area contributed by atoms with Crippen LogP contribution < -0.4 is 19.8 Å². The lowest BCUT2D eigenvalue weighted by Gasteiger charge is -2.19. The first-order valence-corrected chi connectivity index (χ1v) is 7.04. The van der Waals surface area contributed by atoms with Crippen molar-refractivity contribution in [3.63, 3.8) is 0 Å². The molecule has 9 nitrogen and oxygen atoms in total. The van der Waals surface area contributed by atoms with Crippen LogP contribution in [0.1, 0.15) is 0 Å². The van der Waals surface area contributed by atoms with Crippen molar-refractivity contribution in [1.82, 2.24) is 5.43 Å². The van der Waals surface area contributed by atoms with Gasteiger partial charge in [-0.2, -0.15) is 5.10 Å². The zero-order chi connectivity index (χ0) is 17.4. The van der Waals surface area contributed by atoms with Gasteiger partial charge in [-0.15, -0.1) is 0 Å². The minimum atomic E-state index is -1.02. The van der Waals surface area contributed by atoms with Crippen molar-refractivity contribution in [1.29, 1.82) is 0 Å². The number of imide groups is 1. The third-order valence-corrected chi connectivity index (χ3v) is 3.95. The Bertz CT molecular complexity index is 760. The summed E-state index contributed by atoms with van der Waals surface area (Å²) in [5.41, 5.74) is 2.69. The standard InChI is InChI=1S/C15H15N3O6/c1-22-7-4-5-8(9(6-7)23-2)18-13(19)10-11(14(18)20)16-17-12(10)15(21)24-3/h4-6,10-11,16H,1-3H3/t10-,11-/m0/s1. The second-order valence-electron chi connectivity index (χ2n) is 5.12. The second-order valence-corrected chi connectivity index (χ2v) is 5.12. The van der Waals surface area contributed by atoms with Crippen LogP contribution in [-0.4, -0.2) is 50.9 Å². The molecule has 0 unspecified atom stereocenters. The zero-order valence-electron chi connectivity index (χ0n) is 13.2. The van der Waals surface area contributed by atoms with Gasteiger partial charge in [0.15, 0.2) is 5.71 Å². The highest BCUT2D eigenvalue weighted by Crippen LogP contribution is 2.37. The minimum absolute atomic E-state index is 0.115. The number of benzene rings is 1. The molecule has 1 aromatic rings. The SMILES string of the molecule is COC(=O)C1=NN[C@@H]2C(=O)N(c3ccc(OC)cc3OC)C(=O)[C@H]12. The number of amides is 2. The van der Waals surface area contributed by atoms with E-state index in [1.165, 1.54) is 21.3 Å². The number of rotatable bonds is 4. The van der Waals surface area contributed by atoms with Gasteiger partial charge in [0.25, 0.3) is 5.91 Å². The molecule has 2 atom stereocenters. The first-order chi connectivity index (χ1) is 11.5. The molecule has 1 aromatic carbocycles. The monoisotopic (exact) mass is 333 g/mol. The van der Waals surface area contributed by atoms with Crippen LogP contribution >= 0.6 is 0 Å². The number of fused-ring (bicyclic) bond motifs is 1. The van der Waals surface area contributed by atoms with Crippen molar-refractivity contribution < 1.29 is 28.6 Å². The highest BCUT2D eigenvalue weighted by atomic mass is 16.5. The van der Waals surface area contributed by atoms with Gasteiger partial charge in [0.05, 0.1) is 27.0 Å². The Morgan fingerprint density at radius 2 is 1.92 bits per heavy atom. The van der Waals surface area contributed by atoms with Gasteiger partial charge in [-0.05, 0) is 12.1 Å². The highest BCUT2D eigenvalue weighted by Gasteiger charge is 2.56. The van der Waals surface area contributed by atoms with Gasteiger partial charge in [-0.1, -0.05) is 0 Å². The second kappa shape index (κ2) is 5.84. The van der Waals surface area contributed by atoms with E-state index in [4.69, 9.17) is 9.47 Å². The Kier molecular flexibility index (Phi) is 3.84. The Morgan fingerprint density at radius 3 is 2.54 bits per heavy atom. The van der Waals surface area contributed by atoms with E-state index in [1.807, 2.05) is 0 Å². The van der Waals surface area contributed by atoms with E-state index in [0.29, 0.717) is 11.5 Å². The summed E-state index contributed by atoms with van der Waals surface area (Å²) in [6, 6.07) is 3.78. The number of ether oxygens (including phenoxy) is 3. The fraction of sp³-hybridized carbons (Fsp3) is 0.333. The molecular formula is C15H15N3O6. The van der Waals surface area contributed by atoms with E-state index < -0.39 is 29.7 Å². The largest absolute Gasteiger partial charge is 0.497 e. The number of methoxy groups -OCH3 is 3. The molecule has 3 rings (SSSR count). The van der Waals surface area contributed by atoms with Gasteiger partial charge in [-0.25, -0.2) is 9.69 Å². The molecule has 2 heterocycles. The molecule has 2 amide bonds. The molecule has 1 N–H and O–H groups in total. The van der Waals surface area contributed by atoms with Crippen LogP contribution in [0.5, 0.6) is 11.5 Å². The molecule has 0 radical (unpaired) electrons. The number of carbonyl (C=O) groups is 3. The highest BCUT2D eigenvalue weighted by molar-refractivity contribution is 6.46. The first-order valence-electron chi connectivity index (χ1n) is 7.04. The quantitative estimate of drug-likeness (QED) is 0.595. The number of hydrogen-bond acceptors (Lipinski definition) is 8. The topological polar surface area (TPSA) is 107 Å². The van der Waals surface area contributed by atoms with Crippen LogP contribution in [0.2, 0.25) is 0 Å². The molecule has 9 heteroatoms. The van der Waals surface area contributed by atoms with E-state index in [9.17, 15) is 14.4 Å². The van der Waals surface area contributed by atoms with Crippen molar-refractivity contribution in [2.45, 2.75) is 6.04 Å². The maximum Gasteiger partial charge on any atom is 0.355 e. The molecule has 1 saturated heterocycles.